The molecule has 0 aromatic heterocycles. The standard InChI is InChI=1S/C32H26Cl2N2O6/c1-17-2-4-19(5-3-17)32(41)42-23-11-8-18(9-12-23)26(37)16-35(29(38)24-13-10-22(33)15-25(24)34)36-30(39)27-20-6-7-21(14-20)28(27)31(36)40/h2-5,8-13,15,20-21,27-28H,6-7,14,16H2,1H3/t20-,21-,27+,28+/m0/s1. The highest BCUT2D eigenvalue weighted by Gasteiger charge is 2.62. The van der Waals surface area contributed by atoms with Crippen LogP contribution in [-0.2, 0) is 9.59 Å². The molecule has 3 aliphatic rings. The van der Waals surface area contributed by atoms with E-state index in [0.29, 0.717) is 10.6 Å². The van der Waals surface area contributed by atoms with Crippen LogP contribution in [0.3, 0.4) is 0 Å². The van der Waals surface area contributed by atoms with Gasteiger partial charge in [0.05, 0.1) is 28.0 Å². The van der Waals surface area contributed by atoms with Crippen molar-refractivity contribution in [1.82, 2.24) is 10.0 Å². The van der Waals surface area contributed by atoms with E-state index < -0.39 is 47.9 Å². The number of imide groups is 1. The maximum Gasteiger partial charge on any atom is 0.343 e. The fraction of sp³-hybridized carbons (Fsp3) is 0.281. The first-order valence-corrected chi connectivity index (χ1v) is 14.4. The minimum absolute atomic E-state index is 0.00728. The molecule has 42 heavy (non-hydrogen) atoms. The fourth-order valence-corrected chi connectivity index (χ4v) is 6.95. The Kier molecular flexibility index (Phi) is 7.37. The largest absolute Gasteiger partial charge is 0.423 e. The van der Waals surface area contributed by atoms with Crippen molar-refractivity contribution < 1.29 is 28.7 Å². The Labute approximate surface area is 252 Å². The van der Waals surface area contributed by atoms with Gasteiger partial charge in [-0.1, -0.05) is 40.9 Å². The third kappa shape index (κ3) is 4.99. The second-order valence-electron chi connectivity index (χ2n) is 11.1. The van der Waals surface area contributed by atoms with E-state index in [2.05, 4.69) is 0 Å². The molecule has 214 valence electrons. The van der Waals surface area contributed by atoms with E-state index in [1.165, 1.54) is 42.5 Å². The van der Waals surface area contributed by atoms with Crippen molar-refractivity contribution in [2.75, 3.05) is 6.54 Å². The summed E-state index contributed by atoms with van der Waals surface area (Å²) in [6.07, 6.45) is 2.57. The van der Waals surface area contributed by atoms with E-state index in [-0.39, 0.29) is 33.7 Å². The van der Waals surface area contributed by atoms with E-state index in [0.717, 1.165) is 34.8 Å². The number of carbonyl (C=O) groups excluding carboxylic acids is 5. The number of carbonyl (C=O) groups is 5. The van der Waals surface area contributed by atoms with Crippen molar-refractivity contribution in [1.29, 1.82) is 0 Å². The lowest BCUT2D eigenvalue weighted by Crippen LogP contribution is -2.52. The first-order valence-electron chi connectivity index (χ1n) is 13.7. The lowest BCUT2D eigenvalue weighted by molar-refractivity contribution is -0.155. The number of Topliss-reactive ketones (excluding diaryl/α,β-unsaturated/α-hetero) is 1. The molecule has 3 aromatic rings. The number of esters is 1. The van der Waals surface area contributed by atoms with Gasteiger partial charge in [0.2, 0.25) is 0 Å². The summed E-state index contributed by atoms with van der Waals surface area (Å²) in [5, 5.41) is 2.11. The molecular weight excluding hydrogens is 579 g/mol. The summed E-state index contributed by atoms with van der Waals surface area (Å²) in [4.78, 5) is 66.9. The van der Waals surface area contributed by atoms with E-state index in [9.17, 15) is 24.0 Å². The zero-order valence-electron chi connectivity index (χ0n) is 22.6. The molecule has 4 atom stereocenters. The molecular formula is C32H26Cl2N2O6. The second-order valence-corrected chi connectivity index (χ2v) is 11.9. The van der Waals surface area contributed by atoms with Crippen LogP contribution in [0.5, 0.6) is 5.75 Å². The number of fused-ring (bicyclic) bond motifs is 5. The Morgan fingerprint density at radius 2 is 1.45 bits per heavy atom. The van der Waals surface area contributed by atoms with Gasteiger partial charge in [0.15, 0.2) is 5.78 Å². The van der Waals surface area contributed by atoms with Gasteiger partial charge in [0, 0.05) is 10.6 Å². The van der Waals surface area contributed by atoms with Crippen LogP contribution in [0.2, 0.25) is 10.0 Å². The molecule has 8 nitrogen and oxygen atoms in total. The van der Waals surface area contributed by atoms with Crippen molar-refractivity contribution in [2.24, 2.45) is 23.7 Å². The molecule has 1 saturated heterocycles. The molecule has 0 spiro atoms. The van der Waals surface area contributed by atoms with Crippen LogP contribution >= 0.6 is 23.2 Å². The molecule has 2 saturated carbocycles. The normalized spacial score (nSPS) is 22.3. The van der Waals surface area contributed by atoms with Gasteiger partial charge in [0.1, 0.15) is 12.3 Å². The number of rotatable bonds is 7. The van der Waals surface area contributed by atoms with Crippen molar-refractivity contribution in [2.45, 2.75) is 26.2 Å². The van der Waals surface area contributed by atoms with Gasteiger partial charge in [-0.05, 0) is 92.6 Å². The van der Waals surface area contributed by atoms with Crippen LogP contribution in [0.4, 0.5) is 0 Å². The number of hydrogen-bond acceptors (Lipinski definition) is 6. The van der Waals surface area contributed by atoms with Crippen LogP contribution in [0.25, 0.3) is 0 Å². The van der Waals surface area contributed by atoms with E-state index in [1.54, 1.807) is 24.3 Å². The zero-order valence-corrected chi connectivity index (χ0v) is 24.1. The third-order valence-corrected chi connectivity index (χ3v) is 9.06. The van der Waals surface area contributed by atoms with Gasteiger partial charge in [-0.3, -0.25) is 19.2 Å². The average Bonchev–Trinajstić information content (AvgIpc) is 3.66. The number of hydrogen-bond donors (Lipinski definition) is 0. The minimum atomic E-state index is -0.761. The molecule has 10 heteroatoms. The Morgan fingerprint density at radius 1 is 0.857 bits per heavy atom. The molecule has 3 aromatic carbocycles. The highest BCUT2D eigenvalue weighted by atomic mass is 35.5. The van der Waals surface area contributed by atoms with Crippen LogP contribution < -0.4 is 4.74 Å². The maximum absolute atomic E-state index is 13.8. The Bertz CT molecular complexity index is 1590. The molecule has 2 bridgehead atoms. The predicted octanol–water partition coefficient (Wildman–Crippen LogP) is 5.79. The summed E-state index contributed by atoms with van der Waals surface area (Å²) >= 11 is 12.3. The summed E-state index contributed by atoms with van der Waals surface area (Å²) in [6, 6.07) is 17.0. The number of nitrogens with zero attached hydrogens (tertiary/aromatic N) is 2. The van der Waals surface area contributed by atoms with Gasteiger partial charge in [-0.25, -0.2) is 9.80 Å². The van der Waals surface area contributed by atoms with Crippen LogP contribution in [0.15, 0.2) is 66.7 Å². The maximum atomic E-state index is 13.8. The molecule has 0 radical (unpaired) electrons. The summed E-state index contributed by atoms with van der Waals surface area (Å²) in [7, 11) is 0. The lowest BCUT2D eigenvalue weighted by atomic mass is 9.81. The molecule has 6 rings (SSSR count). The fourth-order valence-electron chi connectivity index (χ4n) is 6.46. The number of aryl methyl sites for hydroxylation is 1. The zero-order chi connectivity index (χ0) is 29.7. The van der Waals surface area contributed by atoms with Gasteiger partial charge in [-0.2, -0.15) is 5.01 Å². The molecule has 0 unspecified atom stereocenters. The molecule has 3 amide bonds. The summed E-state index contributed by atoms with van der Waals surface area (Å²) in [5.41, 5.74) is 1.60. The number of benzene rings is 3. The SMILES string of the molecule is Cc1ccc(C(=O)Oc2ccc(C(=O)CN(C(=O)c3ccc(Cl)cc3Cl)N3C(=O)[C@@H]4[C@H]5CC[C@@H](C5)[C@H]4C3=O)cc2)cc1. The summed E-state index contributed by atoms with van der Waals surface area (Å²) in [6.45, 7) is 1.33. The van der Waals surface area contributed by atoms with E-state index in [4.69, 9.17) is 27.9 Å². The first kappa shape index (κ1) is 28.1. The van der Waals surface area contributed by atoms with Crippen molar-refractivity contribution >= 4 is 52.7 Å². The van der Waals surface area contributed by atoms with Gasteiger partial charge in [0.25, 0.3) is 17.7 Å². The smallest absolute Gasteiger partial charge is 0.343 e. The van der Waals surface area contributed by atoms with Crippen LogP contribution in [-0.4, -0.2) is 46.0 Å². The third-order valence-electron chi connectivity index (χ3n) is 8.51. The Hall–Kier alpha value is -4.01. The number of hydrazine groups is 1. The van der Waals surface area contributed by atoms with Crippen LogP contribution in [0.1, 0.15) is 55.9 Å². The average molecular weight is 605 g/mol. The first-order chi connectivity index (χ1) is 20.1. The highest BCUT2D eigenvalue weighted by molar-refractivity contribution is 6.36. The minimum Gasteiger partial charge on any atom is -0.423 e. The Morgan fingerprint density at radius 3 is 2.05 bits per heavy atom. The molecule has 1 heterocycles. The van der Waals surface area contributed by atoms with E-state index in [1.807, 2.05) is 6.92 Å². The van der Waals surface area contributed by atoms with Crippen molar-refractivity contribution in [3.63, 3.8) is 0 Å². The van der Waals surface area contributed by atoms with Gasteiger partial charge in [-0.15, -0.1) is 0 Å². The topological polar surface area (TPSA) is 101 Å². The quantitative estimate of drug-likeness (QED) is 0.146. The molecule has 1 aliphatic heterocycles. The highest BCUT2D eigenvalue weighted by Crippen LogP contribution is 2.56. The van der Waals surface area contributed by atoms with E-state index >= 15 is 0 Å². The number of ether oxygens (including phenoxy) is 1. The van der Waals surface area contributed by atoms with Gasteiger partial charge < -0.3 is 4.74 Å². The number of halogens is 2. The monoisotopic (exact) mass is 604 g/mol. The number of amides is 3. The lowest BCUT2D eigenvalue weighted by Gasteiger charge is -2.31. The van der Waals surface area contributed by atoms with Crippen LogP contribution in [0, 0.1) is 30.6 Å². The number of ketones is 1. The van der Waals surface area contributed by atoms with Crippen molar-refractivity contribution in [3.05, 3.63) is 99.0 Å². The second kappa shape index (κ2) is 11.0. The molecule has 3 fully saturated rings. The predicted molar refractivity (Wildman–Crippen MR) is 154 cm³/mol. The van der Waals surface area contributed by atoms with Gasteiger partial charge >= 0.3 is 5.97 Å². The molecule has 0 N–H and O–H groups in total. The summed E-state index contributed by atoms with van der Waals surface area (Å²) < 4.78 is 5.42. The summed E-state index contributed by atoms with van der Waals surface area (Å²) in [5.74, 6) is -3.28. The van der Waals surface area contributed by atoms with Crippen molar-refractivity contribution in [3.8, 4) is 5.75 Å². The Balaban J connectivity index is 1.25. The molecule has 2 aliphatic carbocycles.